The van der Waals surface area contributed by atoms with Crippen LogP contribution in [0.2, 0.25) is 0 Å². The lowest BCUT2D eigenvalue weighted by Gasteiger charge is -2.33. The van der Waals surface area contributed by atoms with Crippen LogP contribution in [-0.4, -0.2) is 59.5 Å². The number of ether oxygens (including phenoxy) is 1. The quantitative estimate of drug-likeness (QED) is 0.762. The maximum absolute atomic E-state index is 14.9. The fourth-order valence-electron chi connectivity index (χ4n) is 4.04. The average Bonchev–Trinajstić information content (AvgIpc) is 3.32. The lowest BCUT2D eigenvalue weighted by molar-refractivity contribution is -0.118. The molecule has 8 nitrogen and oxygen atoms in total. The fourth-order valence-corrected chi connectivity index (χ4v) is 4.89. The molecule has 1 atom stereocenters. The first-order valence-corrected chi connectivity index (χ1v) is 10.9. The molecule has 0 aliphatic carbocycles. The molecule has 3 heterocycles. The summed E-state index contributed by atoms with van der Waals surface area (Å²) in [4.78, 5) is 41.9. The number of primary amides is 1. The summed E-state index contributed by atoms with van der Waals surface area (Å²) < 4.78 is 20.1. The molecule has 10 heteroatoms. The molecule has 2 fully saturated rings. The van der Waals surface area contributed by atoms with Crippen molar-refractivity contribution in [2.75, 3.05) is 30.3 Å². The van der Waals surface area contributed by atoms with E-state index in [0.717, 1.165) is 31.1 Å². The molecule has 160 valence electrons. The molecule has 0 bridgehead atoms. The average molecular weight is 434 g/mol. The standard InChI is InChI=1S/C20H23FN4O4S/c21-16-9-13(25-10-14(29-20(25)28)2-4-17(22)26)1-3-15(16)12-5-7-24(8-6-12)19-23-18(27)11-30-19/h1,3,9,12,14H,2,4-8,10-11H2,(H2,22,26)/t14-/m0/s1. The van der Waals surface area contributed by atoms with Crippen LogP contribution < -0.4 is 10.6 Å². The highest BCUT2D eigenvalue weighted by Crippen LogP contribution is 2.34. The molecule has 3 amide bonds. The van der Waals surface area contributed by atoms with Gasteiger partial charge in [-0.2, -0.15) is 4.99 Å². The number of benzene rings is 1. The third-order valence-electron chi connectivity index (χ3n) is 5.63. The number of carbonyl (C=O) groups is 3. The van der Waals surface area contributed by atoms with Gasteiger partial charge in [0.25, 0.3) is 5.91 Å². The number of aliphatic imine (C=N–C) groups is 1. The van der Waals surface area contributed by atoms with E-state index in [1.54, 1.807) is 12.1 Å². The molecule has 0 radical (unpaired) electrons. The molecule has 1 aromatic carbocycles. The minimum Gasteiger partial charge on any atom is -0.444 e. The number of hydrogen-bond acceptors (Lipinski definition) is 6. The van der Waals surface area contributed by atoms with Crippen molar-refractivity contribution < 1.29 is 23.5 Å². The number of nitrogens with two attached hydrogens (primary N) is 1. The monoisotopic (exact) mass is 434 g/mol. The number of anilines is 1. The third kappa shape index (κ3) is 4.43. The second-order valence-corrected chi connectivity index (χ2v) is 8.61. The van der Waals surface area contributed by atoms with E-state index < -0.39 is 18.1 Å². The summed E-state index contributed by atoms with van der Waals surface area (Å²) >= 11 is 1.46. The second kappa shape index (κ2) is 8.63. The lowest BCUT2D eigenvalue weighted by atomic mass is 9.89. The van der Waals surface area contributed by atoms with E-state index in [9.17, 15) is 18.8 Å². The van der Waals surface area contributed by atoms with Gasteiger partial charge < -0.3 is 15.4 Å². The number of hydrogen-bond donors (Lipinski definition) is 1. The Morgan fingerprint density at radius 2 is 2.07 bits per heavy atom. The van der Waals surface area contributed by atoms with E-state index >= 15 is 0 Å². The van der Waals surface area contributed by atoms with Gasteiger partial charge in [-0.15, -0.1) is 0 Å². The first-order chi connectivity index (χ1) is 14.4. The van der Waals surface area contributed by atoms with E-state index in [1.807, 2.05) is 0 Å². The van der Waals surface area contributed by atoms with Gasteiger partial charge in [0, 0.05) is 19.5 Å². The number of amides is 3. The Kier molecular flexibility index (Phi) is 5.94. The van der Waals surface area contributed by atoms with E-state index in [4.69, 9.17) is 10.5 Å². The zero-order valence-corrected chi connectivity index (χ0v) is 17.2. The van der Waals surface area contributed by atoms with Crippen molar-refractivity contribution in [3.8, 4) is 0 Å². The first kappa shape index (κ1) is 20.6. The summed E-state index contributed by atoms with van der Waals surface area (Å²) in [6, 6.07) is 4.84. The Morgan fingerprint density at radius 3 is 2.70 bits per heavy atom. The van der Waals surface area contributed by atoms with Gasteiger partial charge in [-0.25, -0.2) is 9.18 Å². The van der Waals surface area contributed by atoms with Crippen molar-refractivity contribution in [2.45, 2.75) is 37.7 Å². The van der Waals surface area contributed by atoms with Gasteiger partial charge in [0.2, 0.25) is 5.91 Å². The van der Waals surface area contributed by atoms with E-state index in [2.05, 4.69) is 9.89 Å². The highest BCUT2D eigenvalue weighted by Gasteiger charge is 2.33. The zero-order valence-electron chi connectivity index (χ0n) is 16.4. The minimum atomic E-state index is -0.547. The van der Waals surface area contributed by atoms with Crippen LogP contribution in [-0.2, 0) is 14.3 Å². The number of amidine groups is 1. The van der Waals surface area contributed by atoms with Crippen LogP contribution in [0.15, 0.2) is 23.2 Å². The fraction of sp³-hybridized carbons (Fsp3) is 0.500. The molecule has 1 aromatic rings. The molecular weight excluding hydrogens is 411 g/mol. The number of halogens is 1. The van der Waals surface area contributed by atoms with Gasteiger partial charge in [-0.05, 0) is 42.9 Å². The molecule has 30 heavy (non-hydrogen) atoms. The molecule has 3 aliphatic heterocycles. The first-order valence-electron chi connectivity index (χ1n) is 9.96. The number of likely N-dealkylation sites (tertiary alicyclic amines) is 1. The molecular formula is C20H23FN4O4S. The number of rotatable bonds is 5. The van der Waals surface area contributed by atoms with E-state index in [0.29, 0.717) is 23.4 Å². The van der Waals surface area contributed by atoms with Gasteiger partial charge in [-0.1, -0.05) is 17.8 Å². The predicted octanol–water partition coefficient (Wildman–Crippen LogP) is 2.23. The van der Waals surface area contributed by atoms with Crippen molar-refractivity contribution in [3.63, 3.8) is 0 Å². The van der Waals surface area contributed by atoms with Crippen molar-refractivity contribution in [1.82, 2.24) is 4.90 Å². The van der Waals surface area contributed by atoms with Crippen molar-refractivity contribution >= 4 is 40.5 Å². The van der Waals surface area contributed by atoms with Crippen molar-refractivity contribution in [2.24, 2.45) is 10.7 Å². The number of carbonyl (C=O) groups excluding carboxylic acids is 3. The van der Waals surface area contributed by atoms with Crippen LogP contribution >= 0.6 is 11.8 Å². The minimum absolute atomic E-state index is 0.0758. The number of nitrogens with zero attached hydrogens (tertiary/aromatic N) is 3. The van der Waals surface area contributed by atoms with Crippen molar-refractivity contribution in [3.05, 3.63) is 29.6 Å². The summed E-state index contributed by atoms with van der Waals surface area (Å²) in [5.41, 5.74) is 6.21. The second-order valence-electron chi connectivity index (χ2n) is 7.67. The highest BCUT2D eigenvalue weighted by molar-refractivity contribution is 8.14. The summed E-state index contributed by atoms with van der Waals surface area (Å²) in [7, 11) is 0. The Hall–Kier alpha value is -2.62. The van der Waals surface area contributed by atoms with Gasteiger partial charge in [0.1, 0.15) is 11.9 Å². The summed E-state index contributed by atoms with van der Waals surface area (Å²) in [5, 5.41) is 0.771. The zero-order chi connectivity index (χ0) is 21.3. The van der Waals surface area contributed by atoms with E-state index in [-0.39, 0.29) is 30.6 Å². The van der Waals surface area contributed by atoms with Crippen LogP contribution in [0.25, 0.3) is 0 Å². The maximum Gasteiger partial charge on any atom is 0.414 e. The molecule has 0 saturated carbocycles. The highest BCUT2D eigenvalue weighted by atomic mass is 32.2. The van der Waals surface area contributed by atoms with Crippen LogP contribution in [0.1, 0.15) is 37.2 Å². The van der Waals surface area contributed by atoms with Crippen LogP contribution in [0, 0.1) is 5.82 Å². The summed E-state index contributed by atoms with van der Waals surface area (Å²) in [5.74, 6) is -0.422. The Morgan fingerprint density at radius 1 is 1.30 bits per heavy atom. The number of piperidine rings is 1. The molecule has 0 spiro atoms. The number of cyclic esters (lactones) is 1. The normalized spacial score (nSPS) is 22.4. The molecule has 0 aromatic heterocycles. The Balaban J connectivity index is 1.38. The maximum atomic E-state index is 14.9. The third-order valence-corrected chi connectivity index (χ3v) is 6.63. The van der Waals surface area contributed by atoms with Gasteiger partial charge in [0.05, 0.1) is 18.0 Å². The molecule has 0 unspecified atom stereocenters. The van der Waals surface area contributed by atoms with Crippen LogP contribution in [0.5, 0.6) is 0 Å². The van der Waals surface area contributed by atoms with Gasteiger partial charge >= 0.3 is 6.09 Å². The predicted molar refractivity (Wildman–Crippen MR) is 111 cm³/mol. The summed E-state index contributed by atoms with van der Waals surface area (Å²) in [6.45, 7) is 1.72. The molecule has 2 saturated heterocycles. The number of thioether (sulfide) groups is 1. The largest absolute Gasteiger partial charge is 0.444 e. The van der Waals surface area contributed by atoms with E-state index in [1.165, 1.54) is 22.7 Å². The Bertz CT molecular complexity index is 901. The molecule has 2 N–H and O–H groups in total. The molecule has 3 aliphatic rings. The van der Waals surface area contributed by atoms with Gasteiger partial charge in [-0.3, -0.25) is 14.5 Å². The summed E-state index contributed by atoms with van der Waals surface area (Å²) in [6.07, 6.45) is 1.05. The van der Waals surface area contributed by atoms with Crippen LogP contribution in [0.4, 0.5) is 14.9 Å². The smallest absolute Gasteiger partial charge is 0.414 e. The Labute approximate surface area is 177 Å². The lowest BCUT2D eigenvalue weighted by Crippen LogP contribution is -2.36. The van der Waals surface area contributed by atoms with Gasteiger partial charge in [0.15, 0.2) is 5.17 Å². The SMILES string of the molecule is NC(=O)CC[C@H]1CN(c2ccc(C3CCN(C4=NC(=O)CS4)CC3)c(F)c2)C(=O)O1. The van der Waals surface area contributed by atoms with Crippen LogP contribution in [0.3, 0.4) is 0 Å². The topological polar surface area (TPSA) is 105 Å². The molecule has 4 rings (SSSR count). The van der Waals surface area contributed by atoms with Crippen molar-refractivity contribution in [1.29, 1.82) is 0 Å².